The summed E-state index contributed by atoms with van der Waals surface area (Å²) in [6.07, 6.45) is 2.69. The molecule has 2 rings (SSSR count). The van der Waals surface area contributed by atoms with Crippen LogP contribution in [0.4, 0.5) is 5.69 Å². The number of carbonyl (C=O) groups is 1. The maximum absolute atomic E-state index is 11.9. The van der Waals surface area contributed by atoms with E-state index in [9.17, 15) is 4.79 Å². The molecule has 2 unspecified atom stereocenters. The maximum atomic E-state index is 11.9. The third kappa shape index (κ3) is 4.77. The molecule has 6 heteroatoms. The van der Waals surface area contributed by atoms with E-state index < -0.39 is 6.04 Å². The Balaban J connectivity index is 1.90. The first-order valence-corrected chi connectivity index (χ1v) is 8.58. The monoisotopic (exact) mass is 335 g/mol. The van der Waals surface area contributed by atoms with Crippen molar-refractivity contribution in [2.24, 2.45) is 11.7 Å². The van der Waals surface area contributed by atoms with Crippen LogP contribution in [0.15, 0.2) is 18.2 Å². The number of nitrogens with zero attached hydrogens (tertiary/aromatic N) is 1. The molecule has 24 heavy (non-hydrogen) atoms. The second kappa shape index (κ2) is 8.78. The number of rotatable bonds is 8. The third-order valence-corrected chi connectivity index (χ3v) is 4.49. The van der Waals surface area contributed by atoms with Crippen molar-refractivity contribution in [3.63, 3.8) is 0 Å². The maximum Gasteiger partial charge on any atom is 0.236 e. The average molecular weight is 335 g/mol. The number of nitrogens with two attached hydrogens (primary N) is 1. The first kappa shape index (κ1) is 18.4. The number of anilines is 1. The van der Waals surface area contributed by atoms with Gasteiger partial charge in [-0.25, -0.2) is 0 Å². The molecule has 134 valence electrons. The van der Waals surface area contributed by atoms with Crippen LogP contribution in [0.2, 0.25) is 0 Å². The van der Waals surface area contributed by atoms with Gasteiger partial charge < -0.3 is 25.4 Å². The standard InChI is InChI=1S/C18H29N3O3/c1-4-5-17(19)18(22)20-11-13-6-7-21(12-13)14-8-15(23-2)10-16(9-14)24-3/h8-10,13,17H,4-7,11-12,19H2,1-3H3,(H,20,22). The molecular formula is C18H29N3O3. The molecule has 1 fully saturated rings. The van der Waals surface area contributed by atoms with Crippen molar-refractivity contribution in [1.29, 1.82) is 0 Å². The molecule has 0 radical (unpaired) electrons. The van der Waals surface area contributed by atoms with Gasteiger partial charge in [0.1, 0.15) is 11.5 Å². The van der Waals surface area contributed by atoms with E-state index in [2.05, 4.69) is 10.2 Å². The van der Waals surface area contributed by atoms with Crippen molar-refractivity contribution < 1.29 is 14.3 Å². The van der Waals surface area contributed by atoms with Crippen LogP contribution in [0.1, 0.15) is 26.2 Å². The summed E-state index contributed by atoms with van der Waals surface area (Å²) in [5.41, 5.74) is 6.93. The lowest BCUT2D eigenvalue weighted by molar-refractivity contribution is -0.122. The topological polar surface area (TPSA) is 76.8 Å². The van der Waals surface area contributed by atoms with E-state index in [0.717, 1.165) is 49.5 Å². The molecule has 1 aromatic carbocycles. The van der Waals surface area contributed by atoms with Crippen molar-refractivity contribution in [2.75, 3.05) is 38.8 Å². The highest BCUT2D eigenvalue weighted by atomic mass is 16.5. The number of nitrogens with one attached hydrogen (secondary N) is 1. The van der Waals surface area contributed by atoms with E-state index in [1.165, 1.54) is 0 Å². The molecule has 1 saturated heterocycles. The molecule has 0 spiro atoms. The fourth-order valence-electron chi connectivity index (χ4n) is 3.03. The normalized spacial score (nSPS) is 18.3. The van der Waals surface area contributed by atoms with Gasteiger partial charge >= 0.3 is 0 Å². The lowest BCUT2D eigenvalue weighted by atomic mass is 10.1. The average Bonchev–Trinajstić information content (AvgIpc) is 3.08. The Kier molecular flexibility index (Phi) is 6.73. The van der Waals surface area contributed by atoms with Crippen LogP contribution in [0.25, 0.3) is 0 Å². The van der Waals surface area contributed by atoms with Crippen LogP contribution >= 0.6 is 0 Å². The van der Waals surface area contributed by atoms with Crippen LogP contribution < -0.4 is 25.4 Å². The zero-order valence-electron chi connectivity index (χ0n) is 14.9. The van der Waals surface area contributed by atoms with Gasteiger partial charge in [0.05, 0.1) is 20.3 Å². The number of benzene rings is 1. The zero-order chi connectivity index (χ0) is 17.5. The second-order valence-electron chi connectivity index (χ2n) is 6.31. The molecule has 1 heterocycles. The fraction of sp³-hybridized carbons (Fsp3) is 0.611. The van der Waals surface area contributed by atoms with Crippen LogP contribution in [-0.2, 0) is 4.79 Å². The minimum absolute atomic E-state index is 0.0432. The lowest BCUT2D eigenvalue weighted by Crippen LogP contribution is -2.42. The summed E-state index contributed by atoms with van der Waals surface area (Å²) in [6.45, 7) is 4.57. The van der Waals surface area contributed by atoms with Gasteiger partial charge in [-0.05, 0) is 18.8 Å². The van der Waals surface area contributed by atoms with Crippen LogP contribution in [0.5, 0.6) is 11.5 Å². The van der Waals surface area contributed by atoms with Crippen LogP contribution in [-0.4, -0.2) is 45.8 Å². The first-order chi connectivity index (χ1) is 11.6. The van der Waals surface area contributed by atoms with Crippen molar-refractivity contribution in [3.8, 4) is 11.5 Å². The zero-order valence-corrected chi connectivity index (χ0v) is 14.9. The molecule has 1 amide bonds. The third-order valence-electron chi connectivity index (χ3n) is 4.49. The summed E-state index contributed by atoms with van der Waals surface area (Å²) in [7, 11) is 3.31. The summed E-state index contributed by atoms with van der Waals surface area (Å²) in [6, 6.07) is 5.50. The molecule has 1 aliphatic heterocycles. The van der Waals surface area contributed by atoms with Crippen molar-refractivity contribution in [3.05, 3.63) is 18.2 Å². The molecule has 2 atom stereocenters. The van der Waals surface area contributed by atoms with Gasteiger partial charge in [-0.2, -0.15) is 0 Å². The molecule has 1 aliphatic rings. The highest BCUT2D eigenvalue weighted by molar-refractivity contribution is 5.81. The first-order valence-electron chi connectivity index (χ1n) is 8.58. The van der Waals surface area contributed by atoms with Gasteiger partial charge in [-0.15, -0.1) is 0 Å². The predicted molar refractivity (Wildman–Crippen MR) is 95.8 cm³/mol. The number of hydrogen-bond acceptors (Lipinski definition) is 5. The van der Waals surface area contributed by atoms with Gasteiger partial charge in [0.25, 0.3) is 0 Å². The van der Waals surface area contributed by atoms with Gasteiger partial charge in [-0.3, -0.25) is 4.79 Å². The van der Waals surface area contributed by atoms with Crippen LogP contribution in [0.3, 0.4) is 0 Å². The SMILES string of the molecule is CCCC(N)C(=O)NCC1CCN(c2cc(OC)cc(OC)c2)C1. The molecule has 3 N–H and O–H groups in total. The van der Waals surface area contributed by atoms with E-state index in [1.54, 1.807) is 14.2 Å². The predicted octanol–water partition coefficient (Wildman–Crippen LogP) is 1.77. The van der Waals surface area contributed by atoms with Crippen molar-refractivity contribution in [1.82, 2.24) is 5.32 Å². The van der Waals surface area contributed by atoms with Crippen molar-refractivity contribution in [2.45, 2.75) is 32.2 Å². The summed E-state index contributed by atoms with van der Waals surface area (Å²) in [5, 5.41) is 2.99. The van der Waals surface area contributed by atoms with Gasteiger partial charge in [0.2, 0.25) is 5.91 Å². The lowest BCUT2D eigenvalue weighted by Gasteiger charge is -2.21. The number of carbonyl (C=O) groups excluding carboxylic acids is 1. The summed E-state index contributed by atoms with van der Waals surface area (Å²) in [4.78, 5) is 14.2. The Morgan fingerprint density at radius 2 is 2.00 bits per heavy atom. The number of amides is 1. The summed E-state index contributed by atoms with van der Waals surface area (Å²) < 4.78 is 10.7. The van der Waals surface area contributed by atoms with Gasteiger partial charge in [-0.1, -0.05) is 13.3 Å². The summed E-state index contributed by atoms with van der Waals surface area (Å²) >= 11 is 0. The highest BCUT2D eigenvalue weighted by Crippen LogP contribution is 2.31. The minimum Gasteiger partial charge on any atom is -0.497 e. The van der Waals surface area contributed by atoms with E-state index in [0.29, 0.717) is 12.5 Å². The summed E-state index contributed by atoms with van der Waals surface area (Å²) in [5.74, 6) is 1.96. The van der Waals surface area contributed by atoms with Gasteiger partial charge in [0, 0.05) is 43.5 Å². The fourth-order valence-corrected chi connectivity index (χ4v) is 3.03. The Bertz CT molecular complexity index is 528. The molecule has 0 bridgehead atoms. The van der Waals surface area contributed by atoms with Crippen molar-refractivity contribution >= 4 is 11.6 Å². The molecular weight excluding hydrogens is 306 g/mol. The molecule has 6 nitrogen and oxygen atoms in total. The molecule has 0 saturated carbocycles. The molecule has 1 aromatic rings. The van der Waals surface area contributed by atoms with Gasteiger partial charge in [0.15, 0.2) is 0 Å². The Labute approximate surface area is 144 Å². The smallest absolute Gasteiger partial charge is 0.236 e. The number of hydrogen-bond donors (Lipinski definition) is 2. The van der Waals surface area contributed by atoms with E-state index >= 15 is 0 Å². The van der Waals surface area contributed by atoms with E-state index in [4.69, 9.17) is 15.2 Å². The molecule has 0 aromatic heterocycles. The second-order valence-corrected chi connectivity index (χ2v) is 6.31. The Morgan fingerprint density at radius 3 is 2.58 bits per heavy atom. The Morgan fingerprint density at radius 1 is 1.33 bits per heavy atom. The molecule has 0 aliphatic carbocycles. The number of ether oxygens (including phenoxy) is 2. The quantitative estimate of drug-likeness (QED) is 0.757. The van der Waals surface area contributed by atoms with Crippen LogP contribution in [0, 0.1) is 5.92 Å². The largest absolute Gasteiger partial charge is 0.497 e. The number of methoxy groups -OCH3 is 2. The minimum atomic E-state index is -0.393. The highest BCUT2D eigenvalue weighted by Gasteiger charge is 2.24. The Hall–Kier alpha value is -1.95. The van der Waals surface area contributed by atoms with E-state index in [1.807, 2.05) is 25.1 Å². The van der Waals surface area contributed by atoms with E-state index in [-0.39, 0.29) is 5.91 Å².